The van der Waals surface area contributed by atoms with Gasteiger partial charge in [-0.05, 0) is 29.7 Å². The van der Waals surface area contributed by atoms with Crippen LogP contribution in [0.2, 0.25) is 0 Å². The third-order valence-corrected chi connectivity index (χ3v) is 4.50. The fourth-order valence-electron chi connectivity index (χ4n) is 3.15. The van der Waals surface area contributed by atoms with E-state index in [1.807, 2.05) is 36.4 Å². The SMILES string of the molecule is COc1ccc(CNC(=O)C2CC(=O)c3ccccc3C2)cc1OC. The van der Waals surface area contributed by atoms with Crippen LogP contribution in [0.3, 0.4) is 0 Å². The molecule has 1 atom stereocenters. The minimum atomic E-state index is -0.317. The van der Waals surface area contributed by atoms with E-state index in [-0.39, 0.29) is 24.0 Å². The highest BCUT2D eigenvalue weighted by Crippen LogP contribution is 2.28. The van der Waals surface area contributed by atoms with Crippen molar-refractivity contribution >= 4 is 11.7 Å². The maximum Gasteiger partial charge on any atom is 0.224 e. The van der Waals surface area contributed by atoms with Crippen LogP contribution in [-0.2, 0) is 17.8 Å². The molecule has 5 nitrogen and oxygen atoms in total. The van der Waals surface area contributed by atoms with E-state index in [2.05, 4.69) is 5.32 Å². The van der Waals surface area contributed by atoms with Crippen molar-refractivity contribution in [1.82, 2.24) is 5.32 Å². The molecule has 0 saturated heterocycles. The number of ketones is 1. The van der Waals surface area contributed by atoms with Gasteiger partial charge in [-0.3, -0.25) is 9.59 Å². The van der Waals surface area contributed by atoms with E-state index in [1.54, 1.807) is 20.3 Å². The van der Waals surface area contributed by atoms with E-state index >= 15 is 0 Å². The Balaban J connectivity index is 1.65. The van der Waals surface area contributed by atoms with Gasteiger partial charge in [-0.2, -0.15) is 0 Å². The molecule has 5 heteroatoms. The molecule has 0 aromatic heterocycles. The number of rotatable bonds is 5. The zero-order valence-electron chi connectivity index (χ0n) is 14.4. The van der Waals surface area contributed by atoms with Crippen LogP contribution < -0.4 is 14.8 Å². The molecular formula is C20H21NO4. The van der Waals surface area contributed by atoms with E-state index in [4.69, 9.17) is 9.47 Å². The first-order valence-corrected chi connectivity index (χ1v) is 8.22. The lowest BCUT2D eigenvalue weighted by molar-refractivity contribution is -0.125. The summed E-state index contributed by atoms with van der Waals surface area (Å²) >= 11 is 0. The zero-order valence-corrected chi connectivity index (χ0v) is 14.4. The van der Waals surface area contributed by atoms with E-state index in [9.17, 15) is 9.59 Å². The molecule has 130 valence electrons. The summed E-state index contributed by atoms with van der Waals surface area (Å²) in [6, 6.07) is 13.0. The summed E-state index contributed by atoms with van der Waals surface area (Å²) in [4.78, 5) is 24.7. The fourth-order valence-corrected chi connectivity index (χ4v) is 3.15. The van der Waals surface area contributed by atoms with Gasteiger partial charge >= 0.3 is 0 Å². The van der Waals surface area contributed by atoms with Gasteiger partial charge in [-0.1, -0.05) is 30.3 Å². The number of benzene rings is 2. The van der Waals surface area contributed by atoms with Crippen molar-refractivity contribution in [3.8, 4) is 11.5 Å². The number of hydrogen-bond donors (Lipinski definition) is 1. The van der Waals surface area contributed by atoms with Gasteiger partial charge in [-0.25, -0.2) is 0 Å². The lowest BCUT2D eigenvalue weighted by Gasteiger charge is -2.23. The maximum atomic E-state index is 12.5. The van der Waals surface area contributed by atoms with Gasteiger partial charge in [0.05, 0.1) is 14.2 Å². The van der Waals surface area contributed by atoms with E-state index in [1.165, 1.54) is 0 Å². The third-order valence-electron chi connectivity index (χ3n) is 4.50. The highest BCUT2D eigenvalue weighted by atomic mass is 16.5. The second kappa shape index (κ2) is 7.38. The van der Waals surface area contributed by atoms with Crippen molar-refractivity contribution in [2.24, 2.45) is 5.92 Å². The molecule has 1 amide bonds. The van der Waals surface area contributed by atoms with Crippen molar-refractivity contribution in [2.75, 3.05) is 14.2 Å². The lowest BCUT2D eigenvalue weighted by atomic mass is 9.82. The molecule has 2 aromatic carbocycles. The second-order valence-corrected chi connectivity index (χ2v) is 6.09. The summed E-state index contributed by atoms with van der Waals surface area (Å²) in [7, 11) is 3.16. The number of amides is 1. The molecule has 0 fully saturated rings. The largest absolute Gasteiger partial charge is 0.493 e. The Kier molecular flexibility index (Phi) is 5.03. The van der Waals surface area contributed by atoms with Gasteiger partial charge in [0.15, 0.2) is 17.3 Å². The van der Waals surface area contributed by atoms with Crippen molar-refractivity contribution in [3.63, 3.8) is 0 Å². The van der Waals surface area contributed by atoms with Crippen LogP contribution in [0.25, 0.3) is 0 Å². The predicted molar refractivity (Wildman–Crippen MR) is 94.0 cm³/mol. The molecule has 0 spiro atoms. The Labute approximate surface area is 147 Å². The Morgan fingerprint density at radius 1 is 1.08 bits per heavy atom. The molecule has 0 heterocycles. The molecule has 2 aromatic rings. The van der Waals surface area contributed by atoms with Gasteiger partial charge in [0.1, 0.15) is 0 Å². The summed E-state index contributed by atoms with van der Waals surface area (Å²) in [6.07, 6.45) is 0.856. The first kappa shape index (κ1) is 17.0. The van der Waals surface area contributed by atoms with E-state index in [0.29, 0.717) is 24.5 Å². The van der Waals surface area contributed by atoms with Crippen molar-refractivity contribution < 1.29 is 19.1 Å². The molecule has 0 saturated carbocycles. The molecule has 1 unspecified atom stereocenters. The molecule has 3 rings (SSSR count). The standard InChI is InChI=1S/C20H21NO4/c1-24-18-8-7-13(9-19(18)25-2)12-21-20(23)15-10-14-5-3-4-6-16(14)17(22)11-15/h3-9,15H,10-12H2,1-2H3,(H,21,23). The lowest BCUT2D eigenvalue weighted by Crippen LogP contribution is -2.35. The Morgan fingerprint density at radius 2 is 1.84 bits per heavy atom. The van der Waals surface area contributed by atoms with Crippen molar-refractivity contribution in [1.29, 1.82) is 0 Å². The summed E-state index contributed by atoms with van der Waals surface area (Å²) in [6.45, 7) is 0.380. The Morgan fingerprint density at radius 3 is 2.60 bits per heavy atom. The monoisotopic (exact) mass is 339 g/mol. The number of ether oxygens (including phenoxy) is 2. The Bertz CT molecular complexity index is 800. The number of carbonyl (C=O) groups is 2. The summed E-state index contributed by atoms with van der Waals surface area (Å²) in [5.74, 6) is 0.886. The summed E-state index contributed by atoms with van der Waals surface area (Å²) < 4.78 is 10.5. The number of carbonyl (C=O) groups excluding carboxylic acids is 2. The molecule has 25 heavy (non-hydrogen) atoms. The number of fused-ring (bicyclic) bond motifs is 1. The number of Topliss-reactive ketones (excluding diaryl/α,β-unsaturated/α-hetero) is 1. The van der Waals surface area contributed by atoms with Crippen LogP contribution >= 0.6 is 0 Å². The maximum absolute atomic E-state index is 12.5. The molecule has 1 aliphatic rings. The van der Waals surface area contributed by atoms with Gasteiger partial charge in [0, 0.05) is 24.4 Å². The van der Waals surface area contributed by atoms with Crippen LogP contribution in [0.5, 0.6) is 11.5 Å². The van der Waals surface area contributed by atoms with Crippen molar-refractivity contribution in [2.45, 2.75) is 19.4 Å². The molecule has 0 aliphatic heterocycles. The van der Waals surface area contributed by atoms with Crippen LogP contribution in [0.1, 0.15) is 27.9 Å². The number of hydrogen-bond acceptors (Lipinski definition) is 4. The first-order valence-electron chi connectivity index (χ1n) is 8.22. The predicted octanol–water partition coefficient (Wildman–Crippen LogP) is 2.77. The van der Waals surface area contributed by atoms with Gasteiger partial charge < -0.3 is 14.8 Å². The molecule has 0 radical (unpaired) electrons. The smallest absolute Gasteiger partial charge is 0.224 e. The highest BCUT2D eigenvalue weighted by Gasteiger charge is 2.29. The van der Waals surface area contributed by atoms with Gasteiger partial charge in [0.2, 0.25) is 5.91 Å². The minimum absolute atomic E-state index is 0.0353. The third kappa shape index (κ3) is 3.65. The molecular weight excluding hydrogens is 318 g/mol. The van der Waals surface area contributed by atoms with Crippen LogP contribution in [-0.4, -0.2) is 25.9 Å². The number of methoxy groups -OCH3 is 2. The first-order chi connectivity index (χ1) is 12.1. The topological polar surface area (TPSA) is 64.6 Å². The van der Waals surface area contributed by atoms with Crippen molar-refractivity contribution in [3.05, 3.63) is 59.2 Å². The normalized spacial score (nSPS) is 16.1. The quantitative estimate of drug-likeness (QED) is 0.910. The average Bonchev–Trinajstić information content (AvgIpc) is 2.65. The molecule has 1 N–H and O–H groups in total. The Hall–Kier alpha value is -2.82. The highest BCUT2D eigenvalue weighted by molar-refractivity contribution is 6.01. The summed E-state index contributed by atoms with van der Waals surface area (Å²) in [5.41, 5.74) is 2.60. The minimum Gasteiger partial charge on any atom is -0.493 e. The fraction of sp³-hybridized carbons (Fsp3) is 0.300. The van der Waals surface area contributed by atoms with E-state index < -0.39 is 0 Å². The van der Waals surface area contributed by atoms with Crippen LogP contribution in [0, 0.1) is 5.92 Å². The van der Waals surface area contributed by atoms with Gasteiger partial charge in [-0.15, -0.1) is 0 Å². The van der Waals surface area contributed by atoms with Crippen LogP contribution in [0.15, 0.2) is 42.5 Å². The van der Waals surface area contributed by atoms with E-state index in [0.717, 1.165) is 16.7 Å². The molecule has 1 aliphatic carbocycles. The zero-order chi connectivity index (χ0) is 17.8. The molecule has 0 bridgehead atoms. The average molecular weight is 339 g/mol. The second-order valence-electron chi connectivity index (χ2n) is 6.09. The summed E-state index contributed by atoms with van der Waals surface area (Å²) in [5, 5.41) is 2.92. The van der Waals surface area contributed by atoms with Crippen LogP contribution in [0.4, 0.5) is 0 Å². The number of nitrogens with one attached hydrogen (secondary N) is 1. The van der Waals surface area contributed by atoms with Gasteiger partial charge in [0.25, 0.3) is 0 Å².